The quantitative estimate of drug-likeness (QED) is 0.672. The van der Waals surface area contributed by atoms with Crippen LogP contribution in [-0.2, 0) is 0 Å². The highest BCUT2D eigenvalue weighted by Gasteiger charge is 2.15. The lowest BCUT2D eigenvalue weighted by Gasteiger charge is -2.33. The summed E-state index contributed by atoms with van der Waals surface area (Å²) >= 11 is 0. The van der Waals surface area contributed by atoms with Gasteiger partial charge < -0.3 is 9.80 Å². The third-order valence-electron chi connectivity index (χ3n) is 2.70. The summed E-state index contributed by atoms with van der Waals surface area (Å²) < 4.78 is 0. The van der Waals surface area contributed by atoms with Crippen molar-refractivity contribution in [2.24, 2.45) is 0 Å². The van der Waals surface area contributed by atoms with Gasteiger partial charge in [0.1, 0.15) is 5.82 Å². The van der Waals surface area contributed by atoms with Gasteiger partial charge >= 0.3 is 0 Å². The van der Waals surface area contributed by atoms with Crippen molar-refractivity contribution in [1.82, 2.24) is 9.88 Å². The molecule has 4 heteroatoms. The van der Waals surface area contributed by atoms with E-state index in [1.165, 1.54) is 0 Å². The molecule has 0 spiro atoms. The van der Waals surface area contributed by atoms with Gasteiger partial charge in [-0.15, -0.1) is 0 Å². The molecule has 0 aliphatic carbocycles. The number of piperazine rings is 1. The Morgan fingerprint density at radius 2 is 2.07 bits per heavy atom. The summed E-state index contributed by atoms with van der Waals surface area (Å²) in [5.74, 6) is 0.919. The summed E-state index contributed by atoms with van der Waals surface area (Å²) in [6, 6.07) is 5.73. The number of pyridine rings is 1. The van der Waals surface area contributed by atoms with Gasteiger partial charge in [-0.05, 0) is 19.2 Å². The number of hydrogen-bond acceptors (Lipinski definition) is 4. The van der Waals surface area contributed by atoms with Crippen LogP contribution >= 0.6 is 0 Å². The molecule has 1 aromatic heterocycles. The summed E-state index contributed by atoms with van der Waals surface area (Å²) in [5, 5.41) is 8.80. The van der Waals surface area contributed by atoms with Gasteiger partial charge in [0.15, 0.2) is 0 Å². The van der Waals surface area contributed by atoms with Crippen molar-refractivity contribution in [2.45, 2.75) is 0 Å². The first kappa shape index (κ1) is 9.94. The van der Waals surface area contributed by atoms with Crippen LogP contribution in [0.25, 0.3) is 0 Å². The van der Waals surface area contributed by atoms with E-state index in [0.717, 1.165) is 32.0 Å². The van der Waals surface area contributed by atoms with Gasteiger partial charge in [-0.1, -0.05) is 0 Å². The molecule has 0 aromatic carbocycles. The average molecular weight is 202 g/mol. The highest BCUT2D eigenvalue weighted by atomic mass is 15.3. The highest BCUT2D eigenvalue weighted by molar-refractivity contribution is 5.45. The van der Waals surface area contributed by atoms with Crippen molar-refractivity contribution in [3.63, 3.8) is 0 Å². The van der Waals surface area contributed by atoms with E-state index in [1.54, 1.807) is 12.3 Å². The fraction of sp³-hybridized carbons (Fsp3) is 0.455. The summed E-state index contributed by atoms with van der Waals surface area (Å²) in [6.45, 7) is 4.08. The van der Waals surface area contributed by atoms with Crippen LogP contribution in [0.1, 0.15) is 5.56 Å². The normalized spacial score (nSPS) is 17.5. The van der Waals surface area contributed by atoms with E-state index in [4.69, 9.17) is 5.26 Å². The lowest BCUT2D eigenvalue weighted by molar-refractivity contribution is 0.312. The van der Waals surface area contributed by atoms with Gasteiger partial charge in [0.25, 0.3) is 0 Å². The molecule has 1 aromatic rings. The smallest absolute Gasteiger partial charge is 0.129 e. The Bertz CT molecular complexity index is 374. The number of hydrogen-bond donors (Lipinski definition) is 0. The van der Waals surface area contributed by atoms with Crippen molar-refractivity contribution in [2.75, 3.05) is 38.1 Å². The molecular weight excluding hydrogens is 188 g/mol. The van der Waals surface area contributed by atoms with Crippen molar-refractivity contribution in [3.8, 4) is 6.07 Å². The van der Waals surface area contributed by atoms with Crippen molar-refractivity contribution < 1.29 is 0 Å². The maximum absolute atomic E-state index is 8.80. The lowest BCUT2D eigenvalue weighted by atomic mass is 10.2. The summed E-state index contributed by atoms with van der Waals surface area (Å²) in [7, 11) is 2.12. The zero-order chi connectivity index (χ0) is 10.7. The van der Waals surface area contributed by atoms with Gasteiger partial charge in [0.2, 0.25) is 0 Å². The Morgan fingerprint density at radius 1 is 1.33 bits per heavy atom. The van der Waals surface area contributed by atoms with Crippen LogP contribution in [0, 0.1) is 11.3 Å². The van der Waals surface area contributed by atoms with Gasteiger partial charge in [0, 0.05) is 32.4 Å². The van der Waals surface area contributed by atoms with Crippen LogP contribution in [0.2, 0.25) is 0 Å². The van der Waals surface area contributed by atoms with Crippen LogP contribution < -0.4 is 4.90 Å². The van der Waals surface area contributed by atoms with Crippen molar-refractivity contribution >= 4 is 5.82 Å². The third kappa shape index (κ3) is 2.25. The van der Waals surface area contributed by atoms with Crippen LogP contribution in [-0.4, -0.2) is 43.1 Å². The Morgan fingerprint density at radius 3 is 2.73 bits per heavy atom. The first-order valence-electron chi connectivity index (χ1n) is 5.09. The molecule has 0 unspecified atom stereocenters. The molecule has 1 fully saturated rings. The fourth-order valence-corrected chi connectivity index (χ4v) is 1.70. The van der Waals surface area contributed by atoms with E-state index in [1.807, 2.05) is 6.07 Å². The van der Waals surface area contributed by atoms with E-state index in [0.29, 0.717) is 5.56 Å². The Balaban J connectivity index is 2.12. The topological polar surface area (TPSA) is 43.2 Å². The van der Waals surface area contributed by atoms with Crippen LogP contribution in [0.3, 0.4) is 0 Å². The minimum atomic E-state index is 0.680. The second-order valence-electron chi connectivity index (χ2n) is 3.80. The molecule has 2 rings (SSSR count). The molecule has 2 heterocycles. The molecule has 0 bridgehead atoms. The maximum Gasteiger partial charge on any atom is 0.129 e. The van der Waals surface area contributed by atoms with Crippen molar-refractivity contribution in [3.05, 3.63) is 23.9 Å². The molecule has 15 heavy (non-hydrogen) atoms. The number of nitriles is 1. The van der Waals surface area contributed by atoms with E-state index in [9.17, 15) is 0 Å². The predicted octanol–water partition coefficient (Wildman–Crippen LogP) is 0.705. The SMILES string of the molecule is CN1CCN(c2cc(C#N)ccn2)CC1. The van der Waals surface area contributed by atoms with Gasteiger partial charge in [-0.2, -0.15) is 5.26 Å². The number of rotatable bonds is 1. The molecule has 0 amide bonds. The zero-order valence-electron chi connectivity index (χ0n) is 8.85. The first-order chi connectivity index (χ1) is 7.29. The van der Waals surface area contributed by atoms with E-state index in [-0.39, 0.29) is 0 Å². The number of nitrogens with zero attached hydrogens (tertiary/aromatic N) is 4. The predicted molar refractivity (Wildman–Crippen MR) is 58.7 cm³/mol. The minimum Gasteiger partial charge on any atom is -0.354 e. The van der Waals surface area contributed by atoms with Gasteiger partial charge in [-0.25, -0.2) is 4.98 Å². The largest absolute Gasteiger partial charge is 0.354 e. The monoisotopic (exact) mass is 202 g/mol. The maximum atomic E-state index is 8.80. The molecule has 0 atom stereocenters. The van der Waals surface area contributed by atoms with E-state index in [2.05, 4.69) is 27.9 Å². The first-order valence-corrected chi connectivity index (χ1v) is 5.09. The van der Waals surface area contributed by atoms with Gasteiger partial charge in [-0.3, -0.25) is 0 Å². The minimum absolute atomic E-state index is 0.680. The van der Waals surface area contributed by atoms with Crippen LogP contribution in [0.5, 0.6) is 0 Å². The van der Waals surface area contributed by atoms with Crippen LogP contribution in [0.4, 0.5) is 5.82 Å². The van der Waals surface area contributed by atoms with Gasteiger partial charge in [0.05, 0.1) is 11.6 Å². The molecule has 0 saturated carbocycles. The number of likely N-dealkylation sites (N-methyl/N-ethyl adjacent to an activating group) is 1. The molecule has 1 saturated heterocycles. The summed E-state index contributed by atoms with van der Waals surface area (Å²) in [4.78, 5) is 8.81. The van der Waals surface area contributed by atoms with Crippen molar-refractivity contribution in [1.29, 1.82) is 5.26 Å². The van der Waals surface area contributed by atoms with Crippen LogP contribution in [0.15, 0.2) is 18.3 Å². The van der Waals surface area contributed by atoms with E-state index >= 15 is 0 Å². The second kappa shape index (κ2) is 4.28. The second-order valence-corrected chi connectivity index (χ2v) is 3.80. The molecule has 0 N–H and O–H groups in total. The molecule has 78 valence electrons. The lowest BCUT2D eigenvalue weighted by Crippen LogP contribution is -2.44. The third-order valence-corrected chi connectivity index (χ3v) is 2.70. The molecular formula is C11H14N4. The molecule has 1 aliphatic heterocycles. The molecule has 4 nitrogen and oxygen atoms in total. The molecule has 0 radical (unpaired) electrons. The fourth-order valence-electron chi connectivity index (χ4n) is 1.70. The number of aromatic nitrogens is 1. The standard InChI is InChI=1S/C11H14N4/c1-14-4-6-15(7-5-14)11-8-10(9-12)2-3-13-11/h2-3,8H,4-7H2,1H3. The zero-order valence-corrected chi connectivity index (χ0v) is 8.85. The van der Waals surface area contributed by atoms with E-state index < -0.39 is 0 Å². The number of anilines is 1. The highest BCUT2D eigenvalue weighted by Crippen LogP contribution is 2.13. The Hall–Kier alpha value is -1.60. The summed E-state index contributed by atoms with van der Waals surface area (Å²) in [5.41, 5.74) is 0.680. The Labute approximate surface area is 89.7 Å². The Kier molecular flexibility index (Phi) is 2.84. The molecule has 1 aliphatic rings. The summed E-state index contributed by atoms with van der Waals surface area (Å²) in [6.07, 6.45) is 1.70. The average Bonchev–Trinajstić information content (AvgIpc) is 2.30.